The Morgan fingerprint density at radius 2 is 1.97 bits per heavy atom. The van der Waals surface area contributed by atoms with Crippen LogP contribution in [0.5, 0.6) is 5.75 Å². The third-order valence-corrected chi connectivity index (χ3v) is 7.41. The van der Waals surface area contributed by atoms with Gasteiger partial charge in [-0.2, -0.15) is 0 Å². The largest absolute Gasteiger partial charge is 0.489 e. The molecule has 0 fully saturated rings. The summed E-state index contributed by atoms with van der Waals surface area (Å²) in [5, 5.41) is 9.82. The molecule has 1 aliphatic rings. The van der Waals surface area contributed by atoms with Gasteiger partial charge in [0.1, 0.15) is 18.2 Å². The third kappa shape index (κ3) is 5.19. The number of benzene rings is 3. The fraction of sp³-hybridized carbons (Fsp3) is 0.143. The monoisotopic (exact) mass is 505 g/mol. The average Bonchev–Trinajstić information content (AvgIpc) is 3.00. The van der Waals surface area contributed by atoms with Crippen molar-refractivity contribution >= 4 is 52.4 Å². The first-order valence-electron chi connectivity index (χ1n) is 11.1. The first-order valence-corrected chi connectivity index (χ1v) is 12.5. The molecule has 0 bridgehead atoms. The summed E-state index contributed by atoms with van der Waals surface area (Å²) < 4.78 is 19.8. The number of aromatic nitrogens is 1. The van der Waals surface area contributed by atoms with Gasteiger partial charge in [0.2, 0.25) is 0 Å². The van der Waals surface area contributed by atoms with Crippen molar-refractivity contribution < 1.29 is 19.0 Å². The van der Waals surface area contributed by atoms with E-state index in [2.05, 4.69) is 23.2 Å². The number of halogens is 2. The number of carbonyl (C=O) groups is 1. The maximum absolute atomic E-state index is 13.7. The molecule has 0 spiro atoms. The number of thioether (sulfide) groups is 1. The molecule has 176 valence electrons. The molecule has 0 amide bonds. The van der Waals surface area contributed by atoms with Gasteiger partial charge in [0.15, 0.2) is 0 Å². The first-order chi connectivity index (χ1) is 17.0. The van der Waals surface area contributed by atoms with Crippen LogP contribution in [0.25, 0.3) is 23.1 Å². The van der Waals surface area contributed by atoms with Gasteiger partial charge in [0, 0.05) is 16.7 Å². The van der Waals surface area contributed by atoms with Gasteiger partial charge >= 0.3 is 5.97 Å². The molecule has 1 atom stereocenters. The Balaban J connectivity index is 1.47. The number of rotatable bonds is 6. The molecular weight excluding hydrogens is 485 g/mol. The zero-order valence-electron chi connectivity index (χ0n) is 18.6. The second kappa shape index (κ2) is 10.1. The van der Waals surface area contributed by atoms with Crippen LogP contribution in [-0.2, 0) is 11.4 Å². The standard InChI is InChI=1S/C28H21ClFNO3S/c29-23-15-25-18(14-24(23)30)7-9-20(31-25)8-5-17-6-10-26-22(13-17)28(35-12-11-27(32)33)21-4-2-1-3-19(21)16-34-26/h1-10,13-15,28H,11-12,16H2,(H,32,33). The maximum atomic E-state index is 13.7. The fourth-order valence-corrected chi connectivity index (χ4v) is 5.56. The van der Waals surface area contributed by atoms with E-state index in [4.69, 9.17) is 21.4 Å². The van der Waals surface area contributed by atoms with Gasteiger partial charge in [-0.1, -0.05) is 54.1 Å². The van der Waals surface area contributed by atoms with Crippen LogP contribution in [0, 0.1) is 5.82 Å². The van der Waals surface area contributed by atoms with Crippen molar-refractivity contribution in [2.75, 3.05) is 5.75 Å². The summed E-state index contributed by atoms with van der Waals surface area (Å²) in [6, 6.07) is 20.7. The second-order valence-electron chi connectivity index (χ2n) is 8.21. The van der Waals surface area contributed by atoms with Crippen molar-refractivity contribution in [3.63, 3.8) is 0 Å². The lowest BCUT2D eigenvalue weighted by atomic mass is 9.98. The minimum atomic E-state index is -0.806. The Labute approximate surface area is 211 Å². The Bertz CT molecular complexity index is 1460. The van der Waals surface area contributed by atoms with E-state index in [0.29, 0.717) is 23.3 Å². The molecule has 0 saturated heterocycles. The molecule has 5 rings (SSSR count). The molecule has 4 aromatic rings. The van der Waals surface area contributed by atoms with Crippen LogP contribution < -0.4 is 4.74 Å². The van der Waals surface area contributed by atoms with Crippen LogP contribution in [0.4, 0.5) is 4.39 Å². The second-order valence-corrected chi connectivity index (χ2v) is 9.83. The summed E-state index contributed by atoms with van der Waals surface area (Å²) in [5.74, 6) is 0.0258. The number of hydrogen-bond acceptors (Lipinski definition) is 4. The van der Waals surface area contributed by atoms with Gasteiger partial charge in [0.25, 0.3) is 0 Å². The summed E-state index contributed by atoms with van der Waals surface area (Å²) in [7, 11) is 0. The quantitative estimate of drug-likeness (QED) is 0.296. The Hall–Kier alpha value is -3.35. The van der Waals surface area contributed by atoms with Gasteiger partial charge in [-0.15, -0.1) is 11.8 Å². The number of ether oxygens (including phenoxy) is 1. The van der Waals surface area contributed by atoms with Crippen molar-refractivity contribution in [3.05, 3.63) is 106 Å². The van der Waals surface area contributed by atoms with E-state index < -0.39 is 11.8 Å². The number of aliphatic carboxylic acids is 1. The summed E-state index contributed by atoms with van der Waals surface area (Å²) in [6.07, 6.45) is 3.96. The minimum Gasteiger partial charge on any atom is -0.489 e. The molecule has 0 radical (unpaired) electrons. The van der Waals surface area contributed by atoms with Crippen molar-refractivity contribution in [1.29, 1.82) is 0 Å². The van der Waals surface area contributed by atoms with Crippen LogP contribution in [0.15, 0.2) is 66.7 Å². The molecule has 35 heavy (non-hydrogen) atoms. The topological polar surface area (TPSA) is 59.4 Å². The molecule has 4 nitrogen and oxygen atoms in total. The van der Waals surface area contributed by atoms with Gasteiger partial charge < -0.3 is 9.84 Å². The van der Waals surface area contributed by atoms with Crippen molar-refractivity contribution in [2.45, 2.75) is 18.3 Å². The highest BCUT2D eigenvalue weighted by Crippen LogP contribution is 2.44. The zero-order valence-corrected chi connectivity index (χ0v) is 20.2. The fourth-order valence-electron chi connectivity index (χ4n) is 4.10. The number of nitrogens with zero attached hydrogens (tertiary/aromatic N) is 1. The molecule has 2 heterocycles. The number of carboxylic acids is 1. The molecule has 1 aliphatic heterocycles. The van der Waals surface area contributed by atoms with E-state index >= 15 is 0 Å². The lowest BCUT2D eigenvalue weighted by Gasteiger charge is -2.19. The molecular formula is C28H21ClFNO3S. The predicted octanol–water partition coefficient (Wildman–Crippen LogP) is 7.39. The maximum Gasteiger partial charge on any atom is 0.304 e. The van der Waals surface area contributed by atoms with E-state index in [1.165, 1.54) is 12.1 Å². The number of fused-ring (bicyclic) bond motifs is 3. The molecule has 1 aromatic heterocycles. The van der Waals surface area contributed by atoms with Crippen LogP contribution >= 0.6 is 23.4 Å². The molecule has 1 N–H and O–H groups in total. The average molecular weight is 506 g/mol. The minimum absolute atomic E-state index is 0.0350. The molecule has 7 heteroatoms. The van der Waals surface area contributed by atoms with Crippen molar-refractivity contribution in [1.82, 2.24) is 4.98 Å². The smallest absolute Gasteiger partial charge is 0.304 e. The summed E-state index contributed by atoms with van der Waals surface area (Å²) >= 11 is 7.53. The van der Waals surface area contributed by atoms with E-state index in [9.17, 15) is 9.18 Å². The molecule has 0 saturated carbocycles. The first kappa shape index (κ1) is 23.4. The highest BCUT2D eigenvalue weighted by Gasteiger charge is 2.25. The van der Waals surface area contributed by atoms with Gasteiger partial charge in [-0.05, 0) is 53.1 Å². The Morgan fingerprint density at radius 1 is 1.11 bits per heavy atom. The molecule has 1 unspecified atom stereocenters. The number of hydrogen-bond donors (Lipinski definition) is 1. The highest BCUT2D eigenvalue weighted by atomic mass is 35.5. The SMILES string of the molecule is O=C(O)CCSC1c2ccccc2COc2ccc(C=Cc3ccc4cc(F)c(Cl)cc4n3)cc21. The highest BCUT2D eigenvalue weighted by molar-refractivity contribution is 7.99. The van der Waals surface area contributed by atoms with Crippen molar-refractivity contribution in [2.24, 2.45) is 0 Å². The van der Waals surface area contributed by atoms with Crippen molar-refractivity contribution in [3.8, 4) is 5.75 Å². The Kier molecular flexibility index (Phi) is 6.75. The summed E-state index contributed by atoms with van der Waals surface area (Å²) in [6.45, 7) is 0.471. The zero-order chi connectivity index (χ0) is 24.4. The van der Waals surface area contributed by atoms with Gasteiger partial charge in [-0.3, -0.25) is 4.79 Å². The van der Waals surface area contributed by atoms with Crippen LogP contribution in [0.2, 0.25) is 5.02 Å². The summed E-state index contributed by atoms with van der Waals surface area (Å²) in [5.41, 5.74) is 5.58. The van der Waals surface area contributed by atoms with E-state index in [1.807, 2.05) is 48.6 Å². The van der Waals surface area contributed by atoms with Crippen LogP contribution in [-0.4, -0.2) is 21.8 Å². The third-order valence-electron chi connectivity index (χ3n) is 5.84. The summed E-state index contributed by atoms with van der Waals surface area (Å²) in [4.78, 5) is 15.7. The predicted molar refractivity (Wildman–Crippen MR) is 139 cm³/mol. The molecule has 3 aromatic carbocycles. The van der Waals surface area contributed by atoms with Crippen LogP contribution in [0.3, 0.4) is 0 Å². The normalized spacial score (nSPS) is 14.9. The lowest BCUT2D eigenvalue weighted by molar-refractivity contribution is -0.136. The van der Waals surface area contributed by atoms with Gasteiger partial charge in [-0.25, -0.2) is 9.37 Å². The lowest BCUT2D eigenvalue weighted by Crippen LogP contribution is -2.03. The number of pyridine rings is 1. The number of carboxylic acid groups (broad SMARTS) is 1. The Morgan fingerprint density at radius 3 is 2.83 bits per heavy atom. The molecule has 0 aliphatic carbocycles. The van der Waals surface area contributed by atoms with E-state index in [-0.39, 0.29) is 16.7 Å². The van der Waals surface area contributed by atoms with Gasteiger partial charge in [0.05, 0.1) is 27.9 Å². The van der Waals surface area contributed by atoms with E-state index in [0.717, 1.165) is 33.7 Å². The van der Waals surface area contributed by atoms with E-state index in [1.54, 1.807) is 11.8 Å². The van der Waals surface area contributed by atoms with Crippen LogP contribution in [0.1, 0.15) is 39.6 Å².